The SMILES string of the molecule is COC(=O)NS(=O)(=O)Nc1cc(N)cc(F)c1. The molecule has 0 unspecified atom stereocenters. The second kappa shape index (κ2) is 4.87. The molecule has 9 heteroatoms. The van der Waals surface area contributed by atoms with E-state index in [1.54, 1.807) is 0 Å². The van der Waals surface area contributed by atoms with Gasteiger partial charge in [-0.3, -0.25) is 4.72 Å². The van der Waals surface area contributed by atoms with Crippen molar-refractivity contribution in [2.75, 3.05) is 17.6 Å². The van der Waals surface area contributed by atoms with Crippen LogP contribution >= 0.6 is 0 Å². The zero-order valence-corrected chi connectivity index (χ0v) is 9.55. The zero-order chi connectivity index (χ0) is 13.1. The van der Waals surface area contributed by atoms with Crippen LogP contribution in [-0.2, 0) is 14.9 Å². The van der Waals surface area contributed by atoms with Crippen LogP contribution in [0.25, 0.3) is 0 Å². The Bertz CT molecular complexity index is 511. The lowest BCUT2D eigenvalue weighted by molar-refractivity contribution is 0.177. The number of carbonyl (C=O) groups is 1. The third-order valence-electron chi connectivity index (χ3n) is 1.58. The van der Waals surface area contributed by atoms with Crippen LogP contribution in [0.5, 0.6) is 0 Å². The van der Waals surface area contributed by atoms with Gasteiger partial charge in [0.05, 0.1) is 12.8 Å². The minimum atomic E-state index is -4.18. The van der Waals surface area contributed by atoms with Crippen LogP contribution in [0.15, 0.2) is 18.2 Å². The van der Waals surface area contributed by atoms with Gasteiger partial charge in [0.1, 0.15) is 5.82 Å². The first kappa shape index (κ1) is 13.0. The monoisotopic (exact) mass is 263 g/mol. The number of ether oxygens (including phenoxy) is 1. The lowest BCUT2D eigenvalue weighted by Crippen LogP contribution is -2.35. The summed E-state index contributed by atoms with van der Waals surface area (Å²) in [6.45, 7) is 0. The second-order valence-electron chi connectivity index (χ2n) is 2.97. The molecule has 0 aromatic heterocycles. The Kier molecular flexibility index (Phi) is 3.73. The number of carbonyl (C=O) groups excluding carboxylic acids is 1. The molecule has 0 atom stereocenters. The van der Waals surface area contributed by atoms with E-state index in [4.69, 9.17) is 5.73 Å². The molecule has 0 aliphatic carbocycles. The number of benzene rings is 1. The third-order valence-corrected chi connectivity index (χ3v) is 2.52. The quantitative estimate of drug-likeness (QED) is 0.684. The van der Waals surface area contributed by atoms with Gasteiger partial charge in [-0.1, -0.05) is 0 Å². The molecule has 94 valence electrons. The number of amides is 1. The molecule has 0 saturated carbocycles. The minimum Gasteiger partial charge on any atom is -0.452 e. The number of nitrogens with two attached hydrogens (primary N) is 1. The first-order chi connectivity index (χ1) is 7.82. The van der Waals surface area contributed by atoms with E-state index in [0.717, 1.165) is 19.2 Å². The van der Waals surface area contributed by atoms with Crippen molar-refractivity contribution in [1.29, 1.82) is 0 Å². The first-order valence-corrected chi connectivity index (χ1v) is 5.75. The highest BCUT2D eigenvalue weighted by Gasteiger charge is 2.14. The van der Waals surface area contributed by atoms with Crippen LogP contribution in [0.1, 0.15) is 0 Å². The lowest BCUT2D eigenvalue weighted by atomic mass is 10.3. The van der Waals surface area contributed by atoms with Gasteiger partial charge in [-0.15, -0.1) is 0 Å². The Morgan fingerprint density at radius 1 is 1.41 bits per heavy atom. The molecule has 1 rings (SSSR count). The molecule has 0 heterocycles. The van der Waals surface area contributed by atoms with E-state index in [1.165, 1.54) is 10.8 Å². The zero-order valence-electron chi connectivity index (χ0n) is 8.73. The summed E-state index contributed by atoms with van der Waals surface area (Å²) in [7, 11) is -3.17. The maximum atomic E-state index is 12.9. The van der Waals surface area contributed by atoms with Crippen molar-refractivity contribution < 1.29 is 22.3 Å². The summed E-state index contributed by atoms with van der Waals surface area (Å²) in [5, 5.41) is 0. The molecule has 0 fully saturated rings. The molecule has 0 aliphatic rings. The van der Waals surface area contributed by atoms with E-state index in [1.807, 2.05) is 4.72 Å². The van der Waals surface area contributed by atoms with Crippen molar-refractivity contribution in [3.63, 3.8) is 0 Å². The molecular weight excluding hydrogens is 253 g/mol. The van der Waals surface area contributed by atoms with Crippen molar-refractivity contribution in [3.8, 4) is 0 Å². The topological polar surface area (TPSA) is 111 Å². The van der Waals surface area contributed by atoms with E-state index in [0.29, 0.717) is 0 Å². The van der Waals surface area contributed by atoms with Crippen LogP contribution in [0.2, 0.25) is 0 Å². The van der Waals surface area contributed by atoms with Crippen molar-refractivity contribution in [3.05, 3.63) is 24.0 Å². The van der Waals surface area contributed by atoms with Crippen LogP contribution in [-0.4, -0.2) is 21.6 Å². The predicted molar refractivity (Wildman–Crippen MR) is 58.9 cm³/mol. The number of anilines is 2. The first-order valence-electron chi connectivity index (χ1n) is 4.27. The molecule has 4 N–H and O–H groups in total. The van der Waals surface area contributed by atoms with Gasteiger partial charge in [0.2, 0.25) is 0 Å². The Morgan fingerprint density at radius 3 is 2.59 bits per heavy atom. The predicted octanol–water partition coefficient (Wildman–Crippen LogP) is 0.421. The molecule has 0 radical (unpaired) electrons. The van der Waals surface area contributed by atoms with Crippen molar-refractivity contribution in [2.45, 2.75) is 0 Å². The van der Waals surface area contributed by atoms with Gasteiger partial charge in [-0.2, -0.15) is 8.42 Å². The number of nitrogen functional groups attached to an aromatic ring is 1. The van der Waals surface area contributed by atoms with E-state index >= 15 is 0 Å². The molecule has 1 aromatic carbocycles. The molecule has 0 aliphatic heterocycles. The third kappa shape index (κ3) is 4.15. The summed E-state index contributed by atoms with van der Waals surface area (Å²) in [5.74, 6) is -0.708. The fourth-order valence-electron chi connectivity index (χ4n) is 1.00. The highest BCUT2D eigenvalue weighted by atomic mass is 32.2. The Labute approximate surface area is 96.9 Å². The maximum Gasteiger partial charge on any atom is 0.422 e. The fraction of sp³-hybridized carbons (Fsp3) is 0.125. The van der Waals surface area contributed by atoms with Crippen LogP contribution in [0.4, 0.5) is 20.6 Å². The average Bonchev–Trinajstić information content (AvgIpc) is 2.13. The molecule has 0 spiro atoms. The van der Waals surface area contributed by atoms with Gasteiger partial charge in [0.15, 0.2) is 0 Å². The summed E-state index contributed by atoms with van der Waals surface area (Å²) < 4.78 is 43.1. The average molecular weight is 263 g/mol. The standard InChI is InChI=1S/C8H10FN3O4S/c1-16-8(13)12-17(14,15)11-7-3-5(9)2-6(10)4-7/h2-4,11H,10H2,1H3,(H,12,13). The Hall–Kier alpha value is -2.03. The van der Waals surface area contributed by atoms with Crippen LogP contribution in [0, 0.1) is 5.82 Å². The Morgan fingerprint density at radius 2 is 2.06 bits per heavy atom. The van der Waals surface area contributed by atoms with Crippen LogP contribution < -0.4 is 15.2 Å². The van der Waals surface area contributed by atoms with Gasteiger partial charge in [0, 0.05) is 5.69 Å². The molecule has 7 nitrogen and oxygen atoms in total. The fourth-order valence-corrected chi connectivity index (χ4v) is 1.79. The number of rotatable bonds is 3. The molecule has 0 bridgehead atoms. The maximum absolute atomic E-state index is 12.9. The second-order valence-corrected chi connectivity index (χ2v) is 4.39. The number of nitrogens with one attached hydrogen (secondary N) is 2. The van der Waals surface area contributed by atoms with E-state index in [9.17, 15) is 17.6 Å². The highest BCUT2D eigenvalue weighted by Crippen LogP contribution is 2.16. The number of halogens is 1. The lowest BCUT2D eigenvalue weighted by Gasteiger charge is -2.08. The molecule has 1 aromatic rings. The number of hydrogen-bond donors (Lipinski definition) is 3. The van der Waals surface area contributed by atoms with Crippen molar-refractivity contribution in [1.82, 2.24) is 4.72 Å². The van der Waals surface area contributed by atoms with Gasteiger partial charge in [-0.05, 0) is 18.2 Å². The number of methoxy groups -OCH3 is 1. The van der Waals surface area contributed by atoms with Crippen molar-refractivity contribution >= 4 is 27.7 Å². The largest absolute Gasteiger partial charge is 0.452 e. The van der Waals surface area contributed by atoms with Gasteiger partial charge in [-0.25, -0.2) is 13.9 Å². The summed E-state index contributed by atoms with van der Waals surface area (Å²) in [4.78, 5) is 10.7. The van der Waals surface area contributed by atoms with E-state index in [2.05, 4.69) is 4.74 Å². The summed E-state index contributed by atoms with van der Waals surface area (Å²) in [5.41, 5.74) is 5.25. The molecular formula is C8H10FN3O4S. The van der Waals surface area contributed by atoms with E-state index in [-0.39, 0.29) is 11.4 Å². The van der Waals surface area contributed by atoms with Gasteiger partial charge >= 0.3 is 16.3 Å². The highest BCUT2D eigenvalue weighted by molar-refractivity contribution is 7.91. The smallest absolute Gasteiger partial charge is 0.422 e. The van der Waals surface area contributed by atoms with Gasteiger partial charge in [0.25, 0.3) is 0 Å². The summed E-state index contributed by atoms with van der Waals surface area (Å²) >= 11 is 0. The summed E-state index contributed by atoms with van der Waals surface area (Å²) in [6, 6.07) is 3.12. The number of hydrogen-bond acceptors (Lipinski definition) is 5. The minimum absolute atomic E-state index is 0.0424. The summed E-state index contributed by atoms with van der Waals surface area (Å²) in [6.07, 6.45) is -1.16. The van der Waals surface area contributed by atoms with E-state index < -0.39 is 22.1 Å². The Balaban J connectivity index is 2.86. The molecule has 0 saturated heterocycles. The molecule has 1 amide bonds. The molecule has 17 heavy (non-hydrogen) atoms. The van der Waals surface area contributed by atoms with Crippen molar-refractivity contribution in [2.24, 2.45) is 0 Å². The van der Waals surface area contributed by atoms with Gasteiger partial charge < -0.3 is 10.5 Å². The van der Waals surface area contributed by atoms with Crippen LogP contribution in [0.3, 0.4) is 0 Å². The normalized spacial score (nSPS) is 10.7.